The van der Waals surface area contributed by atoms with E-state index in [0.29, 0.717) is 0 Å². The zero-order valence-electron chi connectivity index (χ0n) is 31.8. The molecule has 3 heteroatoms. The molecule has 0 unspecified atom stereocenters. The van der Waals surface area contributed by atoms with Gasteiger partial charge in [0.1, 0.15) is 0 Å². The molecule has 0 aromatic heterocycles. The fraction of sp³-hybridized carbons (Fsp3) is 0.907. The van der Waals surface area contributed by atoms with Crippen molar-refractivity contribution >= 4 is 0 Å². The molecular weight excluding hydrogens is 560 g/mol. The van der Waals surface area contributed by atoms with E-state index in [2.05, 4.69) is 48.0 Å². The van der Waals surface area contributed by atoms with E-state index in [4.69, 9.17) is 4.74 Å². The highest BCUT2D eigenvalue weighted by Crippen LogP contribution is 2.13. The third kappa shape index (κ3) is 31.9. The van der Waals surface area contributed by atoms with Crippen molar-refractivity contribution in [1.82, 2.24) is 9.80 Å². The van der Waals surface area contributed by atoms with E-state index in [0.717, 1.165) is 26.3 Å². The van der Waals surface area contributed by atoms with Crippen LogP contribution in [0.1, 0.15) is 200 Å². The van der Waals surface area contributed by atoms with Crippen molar-refractivity contribution in [1.29, 1.82) is 0 Å². The number of allylic oxidation sites excluding steroid dienone is 4. The fourth-order valence-corrected chi connectivity index (χ4v) is 6.84. The van der Waals surface area contributed by atoms with Crippen LogP contribution in [-0.4, -0.2) is 62.3 Å². The van der Waals surface area contributed by atoms with E-state index in [-0.39, 0.29) is 0 Å². The second-order valence-electron chi connectivity index (χ2n) is 14.5. The Labute approximate surface area is 290 Å². The molecule has 0 saturated carbocycles. The van der Waals surface area contributed by atoms with E-state index in [1.165, 1.54) is 212 Å². The SMILES string of the molecule is CCCCCCCCC=CCCCCCCCCN(CCCCCCCCC=CCCCCCCCC)CCCN1CCOCC1. The van der Waals surface area contributed by atoms with E-state index < -0.39 is 0 Å². The highest BCUT2D eigenvalue weighted by atomic mass is 16.5. The second kappa shape index (κ2) is 37.2. The van der Waals surface area contributed by atoms with Gasteiger partial charge in [0.15, 0.2) is 0 Å². The second-order valence-corrected chi connectivity index (χ2v) is 14.5. The van der Waals surface area contributed by atoms with Crippen molar-refractivity contribution in [3.63, 3.8) is 0 Å². The van der Waals surface area contributed by atoms with Crippen molar-refractivity contribution in [2.24, 2.45) is 0 Å². The Bertz CT molecular complexity index is 584. The van der Waals surface area contributed by atoms with Crippen LogP contribution in [-0.2, 0) is 4.74 Å². The maximum absolute atomic E-state index is 5.55. The summed E-state index contributed by atoms with van der Waals surface area (Å²) in [5.41, 5.74) is 0. The number of unbranched alkanes of at least 4 members (excludes halogenated alkanes) is 24. The molecule has 0 spiro atoms. The topological polar surface area (TPSA) is 15.7 Å². The molecule has 1 heterocycles. The van der Waals surface area contributed by atoms with Crippen LogP contribution in [0, 0.1) is 0 Å². The molecule has 1 aliphatic heterocycles. The average Bonchev–Trinajstić information content (AvgIpc) is 3.08. The molecular formula is C43H84N2O. The van der Waals surface area contributed by atoms with E-state index in [1.807, 2.05) is 0 Å². The molecule has 0 aromatic carbocycles. The summed E-state index contributed by atoms with van der Waals surface area (Å²) in [7, 11) is 0. The molecule has 0 amide bonds. The molecule has 46 heavy (non-hydrogen) atoms. The summed E-state index contributed by atoms with van der Waals surface area (Å²) < 4.78 is 5.55. The Balaban J connectivity index is 2.05. The minimum absolute atomic E-state index is 0.925. The van der Waals surface area contributed by atoms with Crippen LogP contribution in [0.15, 0.2) is 24.3 Å². The summed E-state index contributed by atoms with van der Waals surface area (Å²) in [6.45, 7) is 13.9. The molecule has 1 fully saturated rings. The smallest absolute Gasteiger partial charge is 0.0594 e. The van der Waals surface area contributed by atoms with Gasteiger partial charge in [-0.3, -0.25) is 4.90 Å². The quantitative estimate of drug-likeness (QED) is 0.0498. The van der Waals surface area contributed by atoms with Gasteiger partial charge in [0.2, 0.25) is 0 Å². The number of nitrogens with zero attached hydrogens (tertiary/aromatic N) is 2. The first-order valence-corrected chi connectivity index (χ1v) is 21.2. The maximum atomic E-state index is 5.55. The van der Waals surface area contributed by atoms with Crippen LogP contribution in [0.4, 0.5) is 0 Å². The maximum Gasteiger partial charge on any atom is 0.0594 e. The lowest BCUT2D eigenvalue weighted by atomic mass is 10.1. The fourth-order valence-electron chi connectivity index (χ4n) is 6.84. The Kier molecular flexibility index (Phi) is 35.1. The lowest BCUT2D eigenvalue weighted by Gasteiger charge is -2.28. The van der Waals surface area contributed by atoms with Gasteiger partial charge in [-0.2, -0.15) is 0 Å². The summed E-state index contributed by atoms with van der Waals surface area (Å²) in [4.78, 5) is 5.42. The summed E-state index contributed by atoms with van der Waals surface area (Å²) in [6, 6.07) is 0. The Morgan fingerprint density at radius 3 is 1.13 bits per heavy atom. The highest BCUT2D eigenvalue weighted by Gasteiger charge is 2.11. The van der Waals surface area contributed by atoms with E-state index in [9.17, 15) is 0 Å². The van der Waals surface area contributed by atoms with Gasteiger partial charge in [-0.15, -0.1) is 0 Å². The molecule has 1 aliphatic rings. The normalized spacial score (nSPS) is 14.5. The summed E-state index contributed by atoms with van der Waals surface area (Å²) in [6.07, 6.45) is 50.2. The van der Waals surface area contributed by atoms with Crippen molar-refractivity contribution in [2.45, 2.75) is 200 Å². The lowest BCUT2D eigenvalue weighted by molar-refractivity contribution is 0.0360. The van der Waals surface area contributed by atoms with Gasteiger partial charge >= 0.3 is 0 Å². The van der Waals surface area contributed by atoms with Gasteiger partial charge in [0.05, 0.1) is 13.2 Å². The number of ether oxygens (including phenoxy) is 1. The number of hydrogen-bond donors (Lipinski definition) is 0. The van der Waals surface area contributed by atoms with Crippen molar-refractivity contribution in [2.75, 3.05) is 52.5 Å². The zero-order valence-corrected chi connectivity index (χ0v) is 31.8. The molecule has 0 radical (unpaired) electrons. The van der Waals surface area contributed by atoms with Crippen LogP contribution >= 0.6 is 0 Å². The molecule has 0 atom stereocenters. The third-order valence-electron chi connectivity index (χ3n) is 10.0. The Morgan fingerprint density at radius 2 is 0.739 bits per heavy atom. The first-order chi connectivity index (χ1) is 22.9. The van der Waals surface area contributed by atoms with Crippen LogP contribution in [0.25, 0.3) is 0 Å². The van der Waals surface area contributed by atoms with Crippen molar-refractivity contribution in [3.05, 3.63) is 24.3 Å². The van der Waals surface area contributed by atoms with Gasteiger partial charge in [0, 0.05) is 13.1 Å². The van der Waals surface area contributed by atoms with Crippen LogP contribution in [0.2, 0.25) is 0 Å². The van der Waals surface area contributed by atoms with Gasteiger partial charge in [-0.1, -0.05) is 154 Å². The summed E-state index contributed by atoms with van der Waals surface area (Å²) >= 11 is 0. The van der Waals surface area contributed by atoms with Gasteiger partial charge in [0.25, 0.3) is 0 Å². The molecule has 0 aliphatic carbocycles. The predicted octanol–water partition coefficient (Wildman–Crippen LogP) is 13.1. The third-order valence-corrected chi connectivity index (χ3v) is 10.0. The number of hydrogen-bond acceptors (Lipinski definition) is 3. The zero-order chi connectivity index (χ0) is 32.9. The minimum atomic E-state index is 0.925. The van der Waals surface area contributed by atoms with E-state index >= 15 is 0 Å². The van der Waals surface area contributed by atoms with Crippen LogP contribution in [0.5, 0.6) is 0 Å². The molecule has 272 valence electrons. The summed E-state index contributed by atoms with van der Waals surface area (Å²) in [5, 5.41) is 0. The largest absolute Gasteiger partial charge is 0.379 e. The van der Waals surface area contributed by atoms with E-state index in [1.54, 1.807) is 0 Å². The van der Waals surface area contributed by atoms with Crippen LogP contribution < -0.4 is 0 Å². The molecule has 3 nitrogen and oxygen atoms in total. The van der Waals surface area contributed by atoms with Gasteiger partial charge in [-0.25, -0.2) is 0 Å². The predicted molar refractivity (Wildman–Crippen MR) is 207 cm³/mol. The van der Waals surface area contributed by atoms with Crippen molar-refractivity contribution in [3.8, 4) is 0 Å². The number of morpholine rings is 1. The highest BCUT2D eigenvalue weighted by molar-refractivity contribution is 4.82. The minimum Gasteiger partial charge on any atom is -0.379 e. The Morgan fingerprint density at radius 1 is 0.413 bits per heavy atom. The van der Waals surface area contributed by atoms with Gasteiger partial charge < -0.3 is 9.64 Å². The lowest BCUT2D eigenvalue weighted by Crippen LogP contribution is -2.38. The Hall–Kier alpha value is -0.640. The standard InChI is InChI=1S/C43H84N2O/c1-3-5-7-9-11-13-15-17-19-21-23-25-27-29-31-33-36-44(38-35-39-45-40-42-46-43-41-45)37-34-32-30-28-26-24-22-20-18-16-14-12-10-8-6-4-2/h17-20H,3-16,21-43H2,1-2H3. The molecule has 1 rings (SSSR count). The van der Waals surface area contributed by atoms with Crippen molar-refractivity contribution < 1.29 is 4.74 Å². The monoisotopic (exact) mass is 645 g/mol. The molecule has 1 saturated heterocycles. The first kappa shape index (κ1) is 43.4. The molecule has 0 N–H and O–H groups in total. The molecule has 0 aromatic rings. The van der Waals surface area contributed by atoms with Crippen LogP contribution in [0.3, 0.4) is 0 Å². The molecule has 0 bridgehead atoms. The first-order valence-electron chi connectivity index (χ1n) is 21.2. The average molecular weight is 645 g/mol. The summed E-state index contributed by atoms with van der Waals surface area (Å²) in [5.74, 6) is 0. The van der Waals surface area contributed by atoms with Gasteiger partial charge in [-0.05, 0) is 96.8 Å². The number of rotatable bonds is 36.